The normalized spacial score (nSPS) is 34.9. The van der Waals surface area contributed by atoms with E-state index in [1.807, 2.05) is 0 Å². The van der Waals surface area contributed by atoms with Crippen molar-refractivity contribution in [2.45, 2.75) is 132 Å². The molecule has 4 aliphatic carbocycles. The SMILES string of the molecule is CC(=O)OCC(C)(COC(C)=O)C(=O)O[C@@H]1CC[C@@]2(C)C(=CCC3C2CC[C@@]2(C)C3CC[C@@H]2[C@H](C)CCCC(C)C)C1. The van der Waals surface area contributed by atoms with Crippen LogP contribution >= 0.6 is 0 Å². The van der Waals surface area contributed by atoms with Crippen LogP contribution in [0.5, 0.6) is 0 Å². The summed E-state index contributed by atoms with van der Waals surface area (Å²) in [5, 5.41) is 0. The van der Waals surface area contributed by atoms with Crippen molar-refractivity contribution in [1.82, 2.24) is 0 Å². The molecular formula is C36H58O6. The summed E-state index contributed by atoms with van der Waals surface area (Å²) in [7, 11) is 0. The minimum Gasteiger partial charge on any atom is -0.465 e. The first-order valence-electron chi connectivity index (χ1n) is 16.9. The van der Waals surface area contributed by atoms with Crippen LogP contribution in [0.25, 0.3) is 0 Å². The number of esters is 3. The van der Waals surface area contributed by atoms with Crippen LogP contribution in [-0.2, 0) is 28.6 Å². The molecule has 8 atom stereocenters. The van der Waals surface area contributed by atoms with E-state index >= 15 is 0 Å². The minimum atomic E-state index is -1.23. The molecule has 6 nitrogen and oxygen atoms in total. The Labute approximate surface area is 255 Å². The Balaban J connectivity index is 1.42. The van der Waals surface area contributed by atoms with E-state index in [9.17, 15) is 14.4 Å². The van der Waals surface area contributed by atoms with Crippen molar-refractivity contribution < 1.29 is 28.6 Å². The van der Waals surface area contributed by atoms with E-state index in [1.165, 1.54) is 64.4 Å². The van der Waals surface area contributed by atoms with E-state index in [4.69, 9.17) is 14.2 Å². The topological polar surface area (TPSA) is 78.9 Å². The van der Waals surface area contributed by atoms with Crippen molar-refractivity contribution in [2.24, 2.45) is 51.8 Å². The molecule has 0 spiro atoms. The Morgan fingerprint density at radius 3 is 2.21 bits per heavy atom. The maximum absolute atomic E-state index is 13.3. The highest BCUT2D eigenvalue weighted by molar-refractivity contribution is 5.78. The molecule has 0 aromatic heterocycles. The van der Waals surface area contributed by atoms with Gasteiger partial charge in [-0.15, -0.1) is 0 Å². The first-order chi connectivity index (χ1) is 19.7. The Bertz CT molecular complexity index is 1010. The van der Waals surface area contributed by atoms with Gasteiger partial charge in [0.15, 0.2) is 0 Å². The van der Waals surface area contributed by atoms with Gasteiger partial charge in [-0.2, -0.15) is 0 Å². The van der Waals surface area contributed by atoms with Crippen LogP contribution in [0.3, 0.4) is 0 Å². The number of rotatable bonds is 11. The fourth-order valence-electron chi connectivity index (χ4n) is 9.73. The van der Waals surface area contributed by atoms with Gasteiger partial charge in [0.25, 0.3) is 0 Å². The van der Waals surface area contributed by atoms with Crippen molar-refractivity contribution in [3.8, 4) is 0 Å². The highest BCUT2D eigenvalue weighted by Gasteiger charge is 2.59. The third-order valence-electron chi connectivity index (χ3n) is 12.2. The van der Waals surface area contributed by atoms with E-state index in [0.29, 0.717) is 11.3 Å². The number of fused-ring (bicyclic) bond motifs is 5. The quantitative estimate of drug-likeness (QED) is 0.138. The molecule has 0 aromatic rings. The standard InChI is InChI=1S/C36H58O6/c1-23(2)10-9-11-24(3)30-14-15-31-29-13-12-27-20-28(16-18-35(27,7)32(29)17-19-36(30,31)8)42-33(39)34(6,21-40-25(4)37)22-41-26(5)38/h12,23-24,28-32H,9-11,13-22H2,1-8H3/t24-,28-,29?,30-,31?,32?,35+,36-/m1/s1. The second kappa shape index (κ2) is 13.0. The molecule has 3 unspecified atom stereocenters. The number of allylic oxidation sites excluding steroid dienone is 1. The van der Waals surface area contributed by atoms with Crippen molar-refractivity contribution in [2.75, 3.05) is 13.2 Å². The lowest BCUT2D eigenvalue weighted by Crippen LogP contribution is -2.51. The predicted molar refractivity (Wildman–Crippen MR) is 164 cm³/mol. The van der Waals surface area contributed by atoms with E-state index in [1.54, 1.807) is 6.92 Å². The fourth-order valence-corrected chi connectivity index (χ4v) is 9.73. The molecular weight excluding hydrogens is 528 g/mol. The zero-order chi connectivity index (χ0) is 30.9. The van der Waals surface area contributed by atoms with Crippen molar-refractivity contribution in [3.05, 3.63) is 11.6 Å². The molecule has 3 saturated carbocycles. The van der Waals surface area contributed by atoms with Crippen molar-refractivity contribution in [1.29, 1.82) is 0 Å². The van der Waals surface area contributed by atoms with Gasteiger partial charge < -0.3 is 14.2 Å². The molecule has 0 aromatic carbocycles. The number of carbonyl (C=O) groups excluding carboxylic acids is 3. The summed E-state index contributed by atoms with van der Waals surface area (Å²) in [5.41, 5.74) is 0.881. The highest BCUT2D eigenvalue weighted by Crippen LogP contribution is 2.67. The second-order valence-electron chi connectivity index (χ2n) is 15.7. The molecule has 4 rings (SSSR count). The van der Waals surface area contributed by atoms with Crippen LogP contribution in [0.4, 0.5) is 0 Å². The Morgan fingerprint density at radius 2 is 1.60 bits per heavy atom. The zero-order valence-corrected chi connectivity index (χ0v) is 27.8. The average molecular weight is 587 g/mol. The van der Waals surface area contributed by atoms with Gasteiger partial charge in [-0.05, 0) is 98.2 Å². The molecule has 0 heterocycles. The van der Waals surface area contributed by atoms with Gasteiger partial charge in [-0.3, -0.25) is 14.4 Å². The van der Waals surface area contributed by atoms with Gasteiger partial charge in [-0.25, -0.2) is 0 Å². The van der Waals surface area contributed by atoms with Crippen LogP contribution in [-0.4, -0.2) is 37.2 Å². The summed E-state index contributed by atoms with van der Waals surface area (Å²) in [4.78, 5) is 36.3. The Morgan fingerprint density at radius 1 is 0.929 bits per heavy atom. The van der Waals surface area contributed by atoms with Crippen LogP contribution in [0.1, 0.15) is 126 Å². The first-order valence-corrected chi connectivity index (χ1v) is 16.9. The largest absolute Gasteiger partial charge is 0.465 e. The summed E-state index contributed by atoms with van der Waals surface area (Å²) >= 11 is 0. The third kappa shape index (κ3) is 6.78. The number of hydrogen-bond donors (Lipinski definition) is 0. The second-order valence-corrected chi connectivity index (χ2v) is 15.7. The maximum Gasteiger partial charge on any atom is 0.319 e. The number of hydrogen-bond acceptors (Lipinski definition) is 6. The van der Waals surface area contributed by atoms with Gasteiger partial charge >= 0.3 is 17.9 Å². The third-order valence-corrected chi connectivity index (χ3v) is 12.2. The average Bonchev–Trinajstić information content (AvgIpc) is 3.28. The van der Waals surface area contributed by atoms with Gasteiger partial charge in [0.2, 0.25) is 0 Å². The zero-order valence-electron chi connectivity index (χ0n) is 27.8. The summed E-state index contributed by atoms with van der Waals surface area (Å²) < 4.78 is 16.4. The molecule has 238 valence electrons. The van der Waals surface area contributed by atoms with E-state index < -0.39 is 23.3 Å². The predicted octanol–water partition coefficient (Wildman–Crippen LogP) is 8.07. The lowest BCUT2D eigenvalue weighted by molar-refractivity contribution is -0.174. The molecule has 0 saturated heterocycles. The van der Waals surface area contributed by atoms with Crippen LogP contribution in [0, 0.1) is 51.8 Å². The number of ether oxygens (including phenoxy) is 3. The molecule has 6 heteroatoms. The van der Waals surface area contributed by atoms with Gasteiger partial charge in [0.05, 0.1) is 0 Å². The summed E-state index contributed by atoms with van der Waals surface area (Å²) in [5.74, 6) is 3.34. The molecule has 4 aliphatic rings. The van der Waals surface area contributed by atoms with Crippen LogP contribution in [0.15, 0.2) is 11.6 Å². The van der Waals surface area contributed by atoms with Gasteiger partial charge in [0.1, 0.15) is 24.7 Å². The highest BCUT2D eigenvalue weighted by atomic mass is 16.6. The van der Waals surface area contributed by atoms with E-state index in [2.05, 4.69) is 40.7 Å². The van der Waals surface area contributed by atoms with Crippen molar-refractivity contribution >= 4 is 17.9 Å². The van der Waals surface area contributed by atoms with Crippen LogP contribution < -0.4 is 0 Å². The molecule has 0 amide bonds. The number of carbonyl (C=O) groups is 3. The molecule has 0 bridgehead atoms. The summed E-state index contributed by atoms with van der Waals surface area (Å²) in [6.45, 7) is 16.2. The maximum atomic E-state index is 13.3. The van der Waals surface area contributed by atoms with Gasteiger partial charge in [-0.1, -0.05) is 65.5 Å². The molecule has 3 fully saturated rings. The first kappa shape index (κ1) is 33.1. The lowest BCUT2D eigenvalue weighted by atomic mass is 9.47. The minimum absolute atomic E-state index is 0.174. The monoisotopic (exact) mass is 586 g/mol. The van der Waals surface area contributed by atoms with Crippen LogP contribution in [0.2, 0.25) is 0 Å². The van der Waals surface area contributed by atoms with E-state index in [0.717, 1.165) is 55.3 Å². The van der Waals surface area contributed by atoms with Gasteiger partial charge in [0, 0.05) is 20.3 Å². The lowest BCUT2D eigenvalue weighted by Gasteiger charge is -2.58. The summed E-state index contributed by atoms with van der Waals surface area (Å²) in [6, 6.07) is 0. The molecule has 0 aliphatic heterocycles. The van der Waals surface area contributed by atoms with E-state index in [-0.39, 0.29) is 24.7 Å². The summed E-state index contributed by atoms with van der Waals surface area (Å²) in [6.07, 6.45) is 15.6. The smallest absolute Gasteiger partial charge is 0.319 e. The molecule has 42 heavy (non-hydrogen) atoms. The van der Waals surface area contributed by atoms with Crippen molar-refractivity contribution in [3.63, 3.8) is 0 Å². The molecule has 0 N–H and O–H groups in total. The molecule has 0 radical (unpaired) electrons. The Hall–Kier alpha value is -1.85. The Kier molecular flexibility index (Phi) is 10.2. The fraction of sp³-hybridized carbons (Fsp3) is 0.861.